The van der Waals surface area contributed by atoms with Crippen LogP contribution in [-0.4, -0.2) is 25.5 Å². The second-order valence-electron chi connectivity index (χ2n) is 3.42. The van der Waals surface area contributed by atoms with Gasteiger partial charge in [0.15, 0.2) is 15.9 Å². The molecule has 0 radical (unpaired) electrons. The minimum Gasteiger partial charge on any atom is -0.379 e. The van der Waals surface area contributed by atoms with Crippen molar-refractivity contribution in [2.75, 3.05) is 5.75 Å². The Balaban J connectivity index is 3.05. The molecular weight excluding hydrogens is 257 g/mol. The van der Waals surface area contributed by atoms with E-state index in [1.165, 1.54) is 6.92 Å². The topological polar surface area (TPSA) is 54.4 Å². The van der Waals surface area contributed by atoms with Gasteiger partial charge in [0, 0.05) is 0 Å². The minimum atomic E-state index is -4.76. The zero-order valence-electron chi connectivity index (χ0n) is 8.90. The summed E-state index contributed by atoms with van der Waals surface area (Å²) in [5, 5.41) is 8.93. The van der Waals surface area contributed by atoms with Gasteiger partial charge in [-0.1, -0.05) is 19.1 Å². The number of aliphatic hydroxyl groups is 1. The highest BCUT2D eigenvalue weighted by molar-refractivity contribution is 7.91. The van der Waals surface area contributed by atoms with Crippen LogP contribution in [0, 0.1) is 0 Å². The van der Waals surface area contributed by atoms with E-state index in [4.69, 9.17) is 5.11 Å². The Morgan fingerprint density at radius 2 is 1.71 bits per heavy atom. The van der Waals surface area contributed by atoms with E-state index >= 15 is 0 Å². The van der Waals surface area contributed by atoms with Gasteiger partial charge < -0.3 is 5.11 Å². The fourth-order valence-corrected chi connectivity index (χ4v) is 2.10. The van der Waals surface area contributed by atoms with Crippen LogP contribution in [0.15, 0.2) is 29.2 Å². The highest BCUT2D eigenvalue weighted by Crippen LogP contribution is 2.32. The molecule has 1 N–H and O–H groups in total. The van der Waals surface area contributed by atoms with Crippen LogP contribution in [0.3, 0.4) is 0 Å². The van der Waals surface area contributed by atoms with Gasteiger partial charge in [0.05, 0.1) is 10.6 Å². The lowest BCUT2D eigenvalue weighted by Gasteiger charge is -2.14. The summed E-state index contributed by atoms with van der Waals surface area (Å²) in [6.07, 6.45) is -7.36. The van der Waals surface area contributed by atoms with Crippen LogP contribution < -0.4 is 0 Å². The Morgan fingerprint density at radius 1 is 1.24 bits per heavy atom. The molecule has 7 heteroatoms. The van der Waals surface area contributed by atoms with Crippen LogP contribution >= 0.6 is 0 Å². The lowest BCUT2D eigenvalue weighted by atomic mass is 10.1. The summed E-state index contributed by atoms with van der Waals surface area (Å²) in [6.45, 7) is 1.44. The fraction of sp³-hybridized carbons (Fsp3) is 0.400. The Morgan fingerprint density at radius 3 is 2.06 bits per heavy atom. The van der Waals surface area contributed by atoms with Crippen molar-refractivity contribution >= 4 is 9.84 Å². The van der Waals surface area contributed by atoms with Crippen molar-refractivity contribution in [3.05, 3.63) is 29.8 Å². The summed E-state index contributed by atoms with van der Waals surface area (Å²) in [5.41, 5.74) is -0.382. The molecule has 1 unspecified atom stereocenters. The average Bonchev–Trinajstić information content (AvgIpc) is 2.27. The number of benzene rings is 1. The third kappa shape index (κ3) is 3.19. The van der Waals surface area contributed by atoms with Crippen molar-refractivity contribution in [1.29, 1.82) is 0 Å². The number of rotatable bonds is 3. The van der Waals surface area contributed by atoms with Crippen molar-refractivity contribution in [2.24, 2.45) is 0 Å². The Bertz CT molecular complexity index is 477. The van der Waals surface area contributed by atoms with E-state index in [-0.39, 0.29) is 16.2 Å². The van der Waals surface area contributed by atoms with E-state index in [1.54, 1.807) is 0 Å². The smallest absolute Gasteiger partial charge is 0.379 e. The summed E-state index contributed by atoms with van der Waals surface area (Å²) in [5.74, 6) is -0.131. The zero-order valence-corrected chi connectivity index (χ0v) is 9.72. The van der Waals surface area contributed by atoms with Gasteiger partial charge in [-0.25, -0.2) is 8.42 Å². The van der Waals surface area contributed by atoms with Crippen LogP contribution in [0.5, 0.6) is 0 Å². The maximum Gasteiger partial charge on any atom is 0.418 e. The SMILES string of the molecule is CCS(=O)(=O)c1ccc(C(O)C(F)(F)F)cc1. The predicted octanol–water partition coefficient (Wildman–Crippen LogP) is 2.08. The molecule has 0 spiro atoms. The van der Waals surface area contributed by atoms with Crippen molar-refractivity contribution in [3.63, 3.8) is 0 Å². The number of hydrogen-bond donors (Lipinski definition) is 1. The van der Waals surface area contributed by atoms with Gasteiger partial charge in [0.1, 0.15) is 0 Å². The van der Waals surface area contributed by atoms with Gasteiger partial charge in [-0.05, 0) is 17.7 Å². The van der Waals surface area contributed by atoms with Gasteiger partial charge in [0.25, 0.3) is 0 Å². The quantitative estimate of drug-likeness (QED) is 0.913. The third-order valence-corrected chi connectivity index (χ3v) is 4.00. The summed E-state index contributed by atoms with van der Waals surface area (Å²) in [7, 11) is -3.44. The standard InChI is InChI=1S/C10H11F3O3S/c1-2-17(15,16)8-5-3-7(4-6-8)9(14)10(11,12)13/h3-6,9,14H,2H2,1H3. The van der Waals surface area contributed by atoms with Gasteiger partial charge in [-0.3, -0.25) is 0 Å². The van der Waals surface area contributed by atoms with Crippen molar-refractivity contribution < 1.29 is 26.7 Å². The highest BCUT2D eigenvalue weighted by atomic mass is 32.2. The number of aliphatic hydroxyl groups excluding tert-OH is 1. The van der Waals surface area contributed by atoms with E-state index in [2.05, 4.69) is 0 Å². The molecule has 17 heavy (non-hydrogen) atoms. The van der Waals surface area contributed by atoms with Crippen LogP contribution in [0.25, 0.3) is 0 Å². The van der Waals surface area contributed by atoms with Gasteiger partial charge in [0.2, 0.25) is 0 Å². The molecule has 0 amide bonds. The lowest BCUT2D eigenvalue weighted by Crippen LogP contribution is -2.20. The Labute approximate surface area is 96.8 Å². The Hall–Kier alpha value is -1.08. The first-order valence-electron chi connectivity index (χ1n) is 4.76. The van der Waals surface area contributed by atoms with Crippen molar-refractivity contribution in [3.8, 4) is 0 Å². The molecule has 0 heterocycles. The molecule has 3 nitrogen and oxygen atoms in total. The van der Waals surface area contributed by atoms with E-state index in [9.17, 15) is 21.6 Å². The van der Waals surface area contributed by atoms with Crippen LogP contribution in [-0.2, 0) is 9.84 Å². The normalized spacial score (nSPS) is 14.6. The second kappa shape index (κ2) is 4.66. The number of halogens is 3. The fourth-order valence-electron chi connectivity index (χ4n) is 1.21. The largest absolute Gasteiger partial charge is 0.418 e. The molecule has 0 bridgehead atoms. The minimum absolute atomic E-state index is 0.0573. The Kier molecular flexibility index (Phi) is 3.83. The second-order valence-corrected chi connectivity index (χ2v) is 5.69. The molecule has 0 fully saturated rings. The molecule has 1 atom stereocenters. The van der Waals surface area contributed by atoms with E-state index in [0.717, 1.165) is 24.3 Å². The van der Waals surface area contributed by atoms with Crippen LogP contribution in [0.1, 0.15) is 18.6 Å². The molecule has 96 valence electrons. The maximum atomic E-state index is 12.2. The predicted molar refractivity (Wildman–Crippen MR) is 55.2 cm³/mol. The molecule has 0 saturated carbocycles. The van der Waals surface area contributed by atoms with Gasteiger partial charge >= 0.3 is 6.18 Å². The van der Waals surface area contributed by atoms with Crippen LogP contribution in [0.4, 0.5) is 13.2 Å². The summed E-state index contributed by atoms with van der Waals surface area (Å²) < 4.78 is 59.3. The van der Waals surface area contributed by atoms with Gasteiger partial charge in [-0.2, -0.15) is 13.2 Å². The van der Waals surface area contributed by atoms with Crippen LogP contribution in [0.2, 0.25) is 0 Å². The van der Waals surface area contributed by atoms with Crippen molar-refractivity contribution in [2.45, 2.75) is 24.1 Å². The van der Waals surface area contributed by atoms with E-state index in [1.807, 2.05) is 0 Å². The first kappa shape index (κ1) is 14.0. The molecule has 1 aromatic carbocycles. The molecule has 0 saturated heterocycles. The number of hydrogen-bond acceptors (Lipinski definition) is 3. The highest BCUT2D eigenvalue weighted by Gasteiger charge is 2.39. The molecule has 0 aromatic heterocycles. The zero-order chi connectivity index (χ0) is 13.3. The molecule has 0 aliphatic rings. The first-order valence-corrected chi connectivity index (χ1v) is 6.41. The molecule has 0 aliphatic heterocycles. The van der Waals surface area contributed by atoms with Crippen molar-refractivity contribution in [1.82, 2.24) is 0 Å². The average molecular weight is 268 g/mol. The van der Waals surface area contributed by atoms with E-state index in [0.29, 0.717) is 0 Å². The summed E-state index contributed by atoms with van der Waals surface area (Å²) in [6, 6.07) is 4.04. The molecule has 1 rings (SSSR count). The van der Waals surface area contributed by atoms with Gasteiger partial charge in [-0.15, -0.1) is 0 Å². The maximum absolute atomic E-state index is 12.2. The summed E-state index contributed by atoms with van der Waals surface area (Å²) >= 11 is 0. The first-order chi connectivity index (χ1) is 7.68. The number of alkyl halides is 3. The van der Waals surface area contributed by atoms with E-state index < -0.39 is 22.1 Å². The molecular formula is C10H11F3O3S. The third-order valence-electron chi connectivity index (χ3n) is 2.25. The monoisotopic (exact) mass is 268 g/mol. The number of sulfone groups is 1. The molecule has 0 aliphatic carbocycles. The molecule has 1 aromatic rings. The summed E-state index contributed by atoms with van der Waals surface area (Å²) in [4.78, 5) is -0.0573. The lowest BCUT2D eigenvalue weighted by molar-refractivity contribution is -0.206.